The van der Waals surface area contributed by atoms with Gasteiger partial charge in [0, 0.05) is 6.92 Å². The van der Waals surface area contributed by atoms with E-state index in [1.165, 1.54) is 11.8 Å². The summed E-state index contributed by atoms with van der Waals surface area (Å²) in [5.41, 5.74) is 7.32. The first kappa shape index (κ1) is 23.4. The Labute approximate surface area is 209 Å². The minimum atomic E-state index is -0.843. The van der Waals surface area contributed by atoms with E-state index in [1.807, 2.05) is 6.92 Å². The molecule has 9 nitrogen and oxygen atoms in total. The smallest absolute Gasteiger partial charge is 0.297 e. The van der Waals surface area contributed by atoms with Gasteiger partial charge >= 0.3 is 0 Å². The van der Waals surface area contributed by atoms with E-state index in [4.69, 9.17) is 14.9 Å². The lowest BCUT2D eigenvalue weighted by atomic mass is 9.98. The Hall–Kier alpha value is -4.31. The van der Waals surface area contributed by atoms with Gasteiger partial charge in [0.2, 0.25) is 5.76 Å². The third kappa shape index (κ3) is 3.85. The number of Topliss-reactive ketones (excluding diaryl/α,β-unsaturated/α-hetero) is 1. The average molecular weight is 504 g/mol. The van der Waals surface area contributed by atoms with Gasteiger partial charge < -0.3 is 14.9 Å². The number of carbonyl (C=O) groups is 3. The molecule has 1 unspecified atom stereocenters. The van der Waals surface area contributed by atoms with E-state index in [0.29, 0.717) is 32.9 Å². The third-order valence-electron chi connectivity index (χ3n) is 5.91. The van der Waals surface area contributed by atoms with E-state index < -0.39 is 17.9 Å². The third-order valence-corrected chi connectivity index (χ3v) is 7.17. The number of anilines is 1. The number of rotatable bonds is 6. The molecule has 1 atom stereocenters. The zero-order valence-electron chi connectivity index (χ0n) is 19.7. The Kier molecular flexibility index (Phi) is 5.68. The van der Waals surface area contributed by atoms with E-state index in [2.05, 4.69) is 4.98 Å². The molecule has 0 saturated carbocycles. The number of ketones is 1. The molecular formula is C26H21N3O6S. The Morgan fingerprint density at radius 2 is 1.86 bits per heavy atom. The molecule has 5 rings (SSSR count). The van der Waals surface area contributed by atoms with Crippen molar-refractivity contribution in [1.82, 2.24) is 4.98 Å². The molecule has 3 heterocycles. The first-order chi connectivity index (χ1) is 17.2. The van der Waals surface area contributed by atoms with Gasteiger partial charge in [0.05, 0.1) is 27.6 Å². The number of primary amides is 1. The molecule has 0 radical (unpaired) electrons. The first-order valence-corrected chi connectivity index (χ1v) is 11.9. The van der Waals surface area contributed by atoms with Crippen LogP contribution in [0.4, 0.5) is 5.13 Å². The monoisotopic (exact) mass is 503 g/mol. The van der Waals surface area contributed by atoms with Crippen molar-refractivity contribution in [1.29, 1.82) is 0 Å². The fraction of sp³-hybridized carbons (Fsp3) is 0.192. The van der Waals surface area contributed by atoms with Crippen molar-refractivity contribution < 1.29 is 23.5 Å². The van der Waals surface area contributed by atoms with Crippen LogP contribution in [0.3, 0.4) is 0 Å². The molecule has 0 spiro atoms. The molecule has 182 valence electrons. The zero-order valence-corrected chi connectivity index (χ0v) is 20.5. The molecule has 2 aromatic heterocycles. The number of benzene rings is 2. The lowest BCUT2D eigenvalue weighted by Gasteiger charge is -2.22. The highest BCUT2D eigenvalue weighted by Gasteiger charge is 2.45. The molecule has 0 aliphatic carbocycles. The number of nitrogens with two attached hydrogens (primary N) is 1. The fourth-order valence-corrected chi connectivity index (χ4v) is 5.30. The Morgan fingerprint density at radius 1 is 1.14 bits per heavy atom. The molecule has 36 heavy (non-hydrogen) atoms. The number of hydrogen-bond acceptors (Lipinski definition) is 8. The molecule has 0 fully saturated rings. The van der Waals surface area contributed by atoms with E-state index in [0.717, 1.165) is 16.9 Å². The number of amides is 2. The fourth-order valence-electron chi connectivity index (χ4n) is 4.31. The number of fused-ring (bicyclic) bond motifs is 2. The second-order valence-corrected chi connectivity index (χ2v) is 9.52. The number of thiazole rings is 1. The van der Waals surface area contributed by atoms with Gasteiger partial charge in [-0.05, 0) is 43.7 Å². The quantitative estimate of drug-likeness (QED) is 0.397. The van der Waals surface area contributed by atoms with Crippen LogP contribution in [0.25, 0.3) is 11.0 Å². The molecule has 1 aliphatic heterocycles. The van der Waals surface area contributed by atoms with Crippen molar-refractivity contribution in [2.75, 3.05) is 11.5 Å². The molecule has 1 aliphatic rings. The van der Waals surface area contributed by atoms with Crippen LogP contribution in [0.1, 0.15) is 55.6 Å². The molecular weight excluding hydrogens is 482 g/mol. The van der Waals surface area contributed by atoms with Gasteiger partial charge in [-0.2, -0.15) is 0 Å². The van der Waals surface area contributed by atoms with Crippen molar-refractivity contribution in [2.45, 2.75) is 26.8 Å². The second-order valence-electron chi connectivity index (χ2n) is 8.54. The van der Waals surface area contributed by atoms with Crippen molar-refractivity contribution in [3.63, 3.8) is 0 Å². The predicted molar refractivity (Wildman–Crippen MR) is 134 cm³/mol. The van der Waals surface area contributed by atoms with Gasteiger partial charge in [0.25, 0.3) is 11.8 Å². The number of ether oxygens (including phenoxy) is 1. The van der Waals surface area contributed by atoms with Crippen molar-refractivity contribution in [2.24, 2.45) is 5.73 Å². The maximum absolute atomic E-state index is 13.7. The van der Waals surface area contributed by atoms with Crippen LogP contribution in [0.5, 0.6) is 5.75 Å². The summed E-state index contributed by atoms with van der Waals surface area (Å²) in [7, 11) is 0. The summed E-state index contributed by atoms with van der Waals surface area (Å²) < 4.78 is 11.3. The normalized spacial score (nSPS) is 14.8. The molecule has 4 aromatic rings. The molecule has 2 N–H and O–H groups in total. The zero-order chi connectivity index (χ0) is 25.7. The van der Waals surface area contributed by atoms with Gasteiger partial charge in [-0.1, -0.05) is 35.1 Å². The first-order valence-electron chi connectivity index (χ1n) is 11.1. The summed E-state index contributed by atoms with van der Waals surface area (Å²) in [6.45, 7) is 4.73. The lowest BCUT2D eigenvalue weighted by Crippen LogP contribution is -2.29. The van der Waals surface area contributed by atoms with Gasteiger partial charge in [-0.25, -0.2) is 4.98 Å². The van der Waals surface area contributed by atoms with Gasteiger partial charge in [-0.15, -0.1) is 0 Å². The van der Waals surface area contributed by atoms with Gasteiger partial charge in [-0.3, -0.25) is 24.1 Å². The second kappa shape index (κ2) is 8.72. The molecule has 0 saturated heterocycles. The number of nitrogens with zero attached hydrogens (tertiary/aromatic N) is 2. The molecule has 2 amide bonds. The highest BCUT2D eigenvalue weighted by Crippen LogP contribution is 2.43. The molecule has 10 heteroatoms. The number of aromatic nitrogens is 1. The van der Waals surface area contributed by atoms with Crippen molar-refractivity contribution >= 4 is 45.0 Å². The average Bonchev–Trinajstić information content (AvgIpc) is 3.36. The minimum Gasteiger partial charge on any atom is -0.484 e. The maximum Gasteiger partial charge on any atom is 0.297 e. The Morgan fingerprint density at radius 3 is 2.50 bits per heavy atom. The number of carbonyl (C=O) groups excluding carboxylic acids is 3. The Balaban J connectivity index is 1.71. The van der Waals surface area contributed by atoms with Crippen LogP contribution in [-0.4, -0.2) is 29.2 Å². The van der Waals surface area contributed by atoms with Crippen LogP contribution in [-0.2, 0) is 4.79 Å². The number of aryl methyl sites for hydroxylation is 2. The summed E-state index contributed by atoms with van der Waals surface area (Å²) in [5.74, 6) is -0.956. The highest BCUT2D eigenvalue weighted by atomic mass is 32.1. The lowest BCUT2D eigenvalue weighted by molar-refractivity contribution is -0.119. The predicted octanol–water partition coefficient (Wildman–Crippen LogP) is 3.68. The van der Waals surface area contributed by atoms with Crippen LogP contribution in [0.2, 0.25) is 0 Å². The van der Waals surface area contributed by atoms with Crippen LogP contribution in [0.15, 0.2) is 51.7 Å². The summed E-state index contributed by atoms with van der Waals surface area (Å²) in [6, 6.07) is 11.0. The largest absolute Gasteiger partial charge is 0.484 e. The van der Waals surface area contributed by atoms with E-state index >= 15 is 0 Å². The van der Waals surface area contributed by atoms with Gasteiger partial charge in [0.1, 0.15) is 11.3 Å². The Bertz CT molecular complexity index is 1620. The topological polar surface area (TPSA) is 133 Å². The van der Waals surface area contributed by atoms with Crippen LogP contribution < -0.4 is 20.8 Å². The van der Waals surface area contributed by atoms with Crippen molar-refractivity contribution in [3.05, 3.63) is 85.7 Å². The maximum atomic E-state index is 13.7. The minimum absolute atomic E-state index is 0.0624. The van der Waals surface area contributed by atoms with Crippen molar-refractivity contribution in [3.8, 4) is 5.75 Å². The number of hydrogen-bond donors (Lipinski definition) is 1. The summed E-state index contributed by atoms with van der Waals surface area (Å²) >= 11 is 1.09. The standard InChI is InChI=1S/C26H21N3O6S/c1-12-4-9-18-17(10-12)22(32)20-21(15-5-7-16(8-6-15)34-11-19(27)31)29(25(33)23(20)35-18)26-28-13(2)24(36-26)14(3)30/h4-10,21H,11H2,1-3H3,(H2,27,31). The van der Waals surface area contributed by atoms with Crippen LogP contribution in [0, 0.1) is 13.8 Å². The summed E-state index contributed by atoms with van der Waals surface area (Å²) in [4.78, 5) is 56.8. The van der Waals surface area contributed by atoms with Crippen LogP contribution >= 0.6 is 11.3 Å². The van der Waals surface area contributed by atoms with E-state index in [-0.39, 0.29) is 34.3 Å². The molecule has 0 bridgehead atoms. The summed E-state index contributed by atoms with van der Waals surface area (Å²) in [5, 5.41) is 0.655. The molecule has 2 aromatic carbocycles. The van der Waals surface area contributed by atoms with E-state index in [9.17, 15) is 19.2 Å². The van der Waals surface area contributed by atoms with Gasteiger partial charge in [0.15, 0.2) is 23.0 Å². The summed E-state index contributed by atoms with van der Waals surface area (Å²) in [6.07, 6.45) is 0. The van der Waals surface area contributed by atoms with E-state index in [1.54, 1.807) is 49.4 Å². The highest BCUT2D eigenvalue weighted by molar-refractivity contribution is 7.17. The SMILES string of the molecule is CC(=O)c1sc(N2C(=O)c3oc4ccc(C)cc4c(=O)c3C2c2ccc(OCC(N)=O)cc2)nc1C.